The number of rotatable bonds is 5. The molecule has 0 saturated heterocycles. The molecule has 0 fully saturated rings. The first-order valence-electron chi connectivity index (χ1n) is 6.88. The third kappa shape index (κ3) is 2.32. The molecule has 0 aliphatic rings. The second-order valence-corrected chi connectivity index (χ2v) is 4.92. The van der Waals surface area contributed by atoms with Crippen molar-refractivity contribution in [3.63, 3.8) is 0 Å². The highest BCUT2D eigenvalue weighted by Crippen LogP contribution is 2.29. The summed E-state index contributed by atoms with van der Waals surface area (Å²) < 4.78 is 5.38. The normalized spacial score (nSPS) is 11.3. The molecule has 5 nitrogen and oxygen atoms in total. The lowest BCUT2D eigenvalue weighted by Crippen LogP contribution is -2.14. The Morgan fingerprint density at radius 2 is 2.20 bits per heavy atom. The molecule has 0 aliphatic heterocycles. The van der Waals surface area contributed by atoms with Crippen molar-refractivity contribution in [1.29, 1.82) is 0 Å². The second-order valence-electron chi connectivity index (χ2n) is 4.92. The predicted molar refractivity (Wildman–Crippen MR) is 78.3 cm³/mol. The molecule has 0 amide bonds. The van der Waals surface area contributed by atoms with Crippen molar-refractivity contribution >= 4 is 11.0 Å². The summed E-state index contributed by atoms with van der Waals surface area (Å²) in [6, 6.07) is 4.12. The van der Waals surface area contributed by atoms with Crippen molar-refractivity contribution in [2.24, 2.45) is 0 Å². The van der Waals surface area contributed by atoms with Gasteiger partial charge in [0.15, 0.2) is 5.58 Å². The van der Waals surface area contributed by atoms with Crippen LogP contribution in [-0.4, -0.2) is 21.7 Å². The van der Waals surface area contributed by atoms with E-state index in [9.17, 15) is 0 Å². The van der Waals surface area contributed by atoms with Crippen LogP contribution < -0.4 is 5.32 Å². The zero-order valence-electron chi connectivity index (χ0n) is 11.7. The molecular formula is C15H18N4O. The Balaban J connectivity index is 1.91. The van der Waals surface area contributed by atoms with Crippen molar-refractivity contribution in [3.8, 4) is 11.3 Å². The smallest absolute Gasteiger partial charge is 0.176 e. The van der Waals surface area contributed by atoms with E-state index in [-0.39, 0.29) is 0 Å². The maximum absolute atomic E-state index is 5.38. The number of aromatic amines is 1. The minimum absolute atomic E-state index is 0.749. The average Bonchev–Trinajstić information content (AvgIpc) is 3.09. The maximum Gasteiger partial charge on any atom is 0.176 e. The standard InChI is InChI=1S/C15H18N4O/c1-3-6-16-9-14-17-8-13(19-14)11-5-4-10(2)12-7-18-20-15(11)12/h4-5,7-8,16H,3,6,9H2,1-2H3,(H,17,19). The Kier molecular flexibility index (Phi) is 3.52. The lowest BCUT2D eigenvalue weighted by Gasteiger charge is -2.01. The maximum atomic E-state index is 5.38. The number of fused-ring (bicyclic) bond motifs is 1. The molecule has 0 saturated carbocycles. The summed E-state index contributed by atoms with van der Waals surface area (Å²) in [5.74, 6) is 0.932. The van der Waals surface area contributed by atoms with E-state index in [0.717, 1.165) is 53.1 Å². The fraction of sp³-hybridized carbons (Fsp3) is 0.333. The van der Waals surface area contributed by atoms with Gasteiger partial charge in [-0.25, -0.2) is 4.98 Å². The molecule has 0 aliphatic carbocycles. The summed E-state index contributed by atoms with van der Waals surface area (Å²) in [4.78, 5) is 7.73. The fourth-order valence-corrected chi connectivity index (χ4v) is 2.27. The van der Waals surface area contributed by atoms with Crippen molar-refractivity contribution in [1.82, 2.24) is 20.4 Å². The fourth-order valence-electron chi connectivity index (χ4n) is 2.27. The van der Waals surface area contributed by atoms with Crippen LogP contribution in [0.1, 0.15) is 24.7 Å². The average molecular weight is 270 g/mol. The second kappa shape index (κ2) is 5.46. The van der Waals surface area contributed by atoms with E-state index in [1.54, 1.807) is 6.20 Å². The minimum Gasteiger partial charge on any atom is -0.356 e. The Morgan fingerprint density at radius 1 is 1.30 bits per heavy atom. The van der Waals surface area contributed by atoms with Gasteiger partial charge in [-0.05, 0) is 31.5 Å². The molecule has 0 spiro atoms. The van der Waals surface area contributed by atoms with Crippen LogP contribution in [0.3, 0.4) is 0 Å². The van der Waals surface area contributed by atoms with Crippen LogP contribution in [0, 0.1) is 6.92 Å². The zero-order chi connectivity index (χ0) is 13.9. The Labute approximate surface area is 117 Å². The van der Waals surface area contributed by atoms with Crippen LogP contribution in [-0.2, 0) is 6.54 Å². The number of imidazole rings is 1. The van der Waals surface area contributed by atoms with E-state index in [4.69, 9.17) is 4.52 Å². The number of aryl methyl sites for hydroxylation is 1. The largest absolute Gasteiger partial charge is 0.356 e. The summed E-state index contributed by atoms with van der Waals surface area (Å²) in [7, 11) is 0. The first kappa shape index (κ1) is 12.9. The number of hydrogen-bond acceptors (Lipinski definition) is 4. The highest BCUT2D eigenvalue weighted by Gasteiger charge is 2.12. The van der Waals surface area contributed by atoms with E-state index in [1.165, 1.54) is 0 Å². The number of hydrogen-bond donors (Lipinski definition) is 2. The van der Waals surface area contributed by atoms with Crippen LogP contribution in [0.15, 0.2) is 29.0 Å². The van der Waals surface area contributed by atoms with Gasteiger partial charge in [-0.3, -0.25) is 0 Å². The topological polar surface area (TPSA) is 66.7 Å². The van der Waals surface area contributed by atoms with Gasteiger partial charge in [-0.15, -0.1) is 0 Å². The SMILES string of the molecule is CCCNCc1ncc(-c2ccc(C)c3cnoc23)[nH]1. The quantitative estimate of drug-likeness (QED) is 0.699. The van der Waals surface area contributed by atoms with Gasteiger partial charge in [0.2, 0.25) is 0 Å². The van der Waals surface area contributed by atoms with E-state index in [2.05, 4.69) is 40.4 Å². The van der Waals surface area contributed by atoms with Crippen LogP contribution in [0.5, 0.6) is 0 Å². The van der Waals surface area contributed by atoms with E-state index < -0.39 is 0 Å². The van der Waals surface area contributed by atoms with Crippen LogP contribution in [0.2, 0.25) is 0 Å². The molecule has 2 heterocycles. The number of nitrogens with zero attached hydrogens (tertiary/aromatic N) is 2. The molecular weight excluding hydrogens is 252 g/mol. The zero-order valence-corrected chi connectivity index (χ0v) is 11.7. The molecule has 1 aromatic carbocycles. The highest BCUT2D eigenvalue weighted by molar-refractivity contribution is 5.92. The molecule has 20 heavy (non-hydrogen) atoms. The van der Waals surface area contributed by atoms with Gasteiger partial charge in [0.25, 0.3) is 0 Å². The first-order valence-corrected chi connectivity index (χ1v) is 6.88. The number of aromatic nitrogens is 3. The lowest BCUT2D eigenvalue weighted by atomic mass is 10.1. The van der Waals surface area contributed by atoms with Gasteiger partial charge in [0.05, 0.1) is 24.6 Å². The molecule has 3 rings (SSSR count). The van der Waals surface area contributed by atoms with Crippen LogP contribution in [0.4, 0.5) is 0 Å². The summed E-state index contributed by atoms with van der Waals surface area (Å²) in [6.07, 6.45) is 4.72. The van der Waals surface area contributed by atoms with E-state index in [0.29, 0.717) is 0 Å². The Hall–Kier alpha value is -2.14. The van der Waals surface area contributed by atoms with Gasteiger partial charge < -0.3 is 14.8 Å². The van der Waals surface area contributed by atoms with E-state index >= 15 is 0 Å². The molecule has 0 atom stereocenters. The Morgan fingerprint density at radius 3 is 3.05 bits per heavy atom. The van der Waals surface area contributed by atoms with E-state index in [1.807, 2.05) is 12.3 Å². The molecule has 104 valence electrons. The van der Waals surface area contributed by atoms with Gasteiger partial charge in [-0.1, -0.05) is 18.1 Å². The van der Waals surface area contributed by atoms with Gasteiger partial charge in [0, 0.05) is 10.9 Å². The predicted octanol–water partition coefficient (Wildman–Crippen LogP) is 3.03. The summed E-state index contributed by atoms with van der Waals surface area (Å²) >= 11 is 0. The van der Waals surface area contributed by atoms with Crippen molar-refractivity contribution < 1.29 is 4.52 Å². The molecule has 3 aromatic rings. The molecule has 2 aromatic heterocycles. The molecule has 2 N–H and O–H groups in total. The summed E-state index contributed by atoms with van der Waals surface area (Å²) in [5.41, 5.74) is 3.92. The third-order valence-corrected chi connectivity index (χ3v) is 3.38. The molecule has 0 radical (unpaired) electrons. The van der Waals surface area contributed by atoms with Crippen molar-refractivity contribution in [2.75, 3.05) is 6.54 Å². The van der Waals surface area contributed by atoms with Gasteiger partial charge >= 0.3 is 0 Å². The summed E-state index contributed by atoms with van der Waals surface area (Å²) in [6.45, 7) is 5.94. The summed E-state index contributed by atoms with van der Waals surface area (Å²) in [5, 5.41) is 8.27. The van der Waals surface area contributed by atoms with Crippen LogP contribution >= 0.6 is 0 Å². The number of H-pyrrole nitrogens is 1. The van der Waals surface area contributed by atoms with Crippen molar-refractivity contribution in [2.45, 2.75) is 26.8 Å². The van der Waals surface area contributed by atoms with Crippen molar-refractivity contribution in [3.05, 3.63) is 35.9 Å². The molecule has 0 bridgehead atoms. The first-order chi connectivity index (χ1) is 9.79. The third-order valence-electron chi connectivity index (χ3n) is 3.38. The van der Waals surface area contributed by atoms with Crippen LogP contribution in [0.25, 0.3) is 22.2 Å². The monoisotopic (exact) mass is 270 g/mol. The lowest BCUT2D eigenvalue weighted by molar-refractivity contribution is 0.457. The Bertz CT molecular complexity index is 714. The molecule has 5 heteroatoms. The molecule has 0 unspecified atom stereocenters. The van der Waals surface area contributed by atoms with Gasteiger partial charge in [0.1, 0.15) is 5.82 Å². The minimum atomic E-state index is 0.749. The van der Waals surface area contributed by atoms with Gasteiger partial charge in [-0.2, -0.15) is 0 Å². The number of benzene rings is 1. The number of nitrogens with one attached hydrogen (secondary N) is 2. The highest BCUT2D eigenvalue weighted by atomic mass is 16.5.